The van der Waals surface area contributed by atoms with Crippen LogP contribution in [-0.4, -0.2) is 37.3 Å². The Labute approximate surface area is 176 Å². The molecule has 0 saturated heterocycles. The van der Waals surface area contributed by atoms with Crippen LogP contribution >= 0.6 is 0 Å². The number of anilines is 1. The molecule has 6 nitrogen and oxygen atoms in total. The Morgan fingerprint density at radius 3 is 2.47 bits per heavy atom. The summed E-state index contributed by atoms with van der Waals surface area (Å²) >= 11 is 0. The first-order chi connectivity index (χ1) is 14.4. The lowest BCUT2D eigenvalue weighted by Gasteiger charge is -2.39. The van der Waals surface area contributed by atoms with E-state index in [0.717, 1.165) is 48.5 Å². The maximum absolute atomic E-state index is 13.5. The number of benzene rings is 1. The molecule has 7 heteroatoms. The minimum absolute atomic E-state index is 0.197. The van der Waals surface area contributed by atoms with Crippen molar-refractivity contribution in [1.82, 2.24) is 19.5 Å². The molecule has 2 aromatic heterocycles. The molecule has 2 heterocycles. The summed E-state index contributed by atoms with van der Waals surface area (Å²) in [5, 5.41) is 13.9. The van der Waals surface area contributed by atoms with E-state index in [1.807, 2.05) is 19.4 Å². The van der Waals surface area contributed by atoms with E-state index in [9.17, 15) is 9.50 Å². The van der Waals surface area contributed by atoms with Crippen LogP contribution in [0, 0.1) is 11.7 Å². The number of rotatable bonds is 5. The Bertz CT molecular complexity index is 1010. The van der Waals surface area contributed by atoms with E-state index in [0.29, 0.717) is 5.82 Å². The zero-order valence-corrected chi connectivity index (χ0v) is 17.6. The number of nitrogens with one attached hydrogen (secondary N) is 1. The van der Waals surface area contributed by atoms with Gasteiger partial charge < -0.3 is 15.0 Å². The Morgan fingerprint density at radius 2 is 1.83 bits per heavy atom. The fraction of sp³-hybridized carbons (Fsp3) is 0.435. The van der Waals surface area contributed by atoms with Crippen LogP contribution in [0.2, 0.25) is 0 Å². The summed E-state index contributed by atoms with van der Waals surface area (Å²) in [7, 11) is 1.82. The third kappa shape index (κ3) is 3.81. The topological polar surface area (TPSA) is 75.9 Å². The van der Waals surface area contributed by atoms with Crippen LogP contribution in [-0.2, 0) is 0 Å². The van der Waals surface area contributed by atoms with Crippen molar-refractivity contribution < 1.29 is 9.50 Å². The van der Waals surface area contributed by atoms with Gasteiger partial charge in [0.1, 0.15) is 17.3 Å². The molecule has 1 aromatic carbocycles. The summed E-state index contributed by atoms with van der Waals surface area (Å²) in [4.78, 5) is 13.8. The van der Waals surface area contributed by atoms with Gasteiger partial charge in [0.2, 0.25) is 0 Å². The van der Waals surface area contributed by atoms with E-state index in [4.69, 9.17) is 0 Å². The number of imidazole rings is 1. The fourth-order valence-corrected chi connectivity index (χ4v) is 4.25. The Hall–Kier alpha value is -2.80. The summed E-state index contributed by atoms with van der Waals surface area (Å²) < 4.78 is 15.6. The summed E-state index contributed by atoms with van der Waals surface area (Å²) in [6.45, 7) is 4.15. The largest absolute Gasteiger partial charge is 0.390 e. The highest BCUT2D eigenvalue weighted by molar-refractivity contribution is 5.75. The average molecular weight is 410 g/mol. The second-order valence-electron chi connectivity index (χ2n) is 8.36. The normalized spacial score (nSPS) is 21.7. The lowest BCUT2D eigenvalue weighted by atomic mass is 9.75. The maximum atomic E-state index is 13.5. The third-order valence-electron chi connectivity index (χ3n) is 6.32. The SMILES string of the molecule is CNc1ccnc(-c2c(-c3ccc(F)cc3)ncn2C2CCC(O)(C(C)C)CC2)n1. The van der Waals surface area contributed by atoms with Gasteiger partial charge in [-0.3, -0.25) is 0 Å². The number of aliphatic hydroxyl groups is 1. The molecule has 0 aliphatic heterocycles. The Morgan fingerprint density at radius 1 is 1.13 bits per heavy atom. The number of hydrogen-bond donors (Lipinski definition) is 2. The van der Waals surface area contributed by atoms with Crippen LogP contribution in [0.3, 0.4) is 0 Å². The number of halogens is 1. The van der Waals surface area contributed by atoms with Crippen LogP contribution in [0.1, 0.15) is 45.6 Å². The van der Waals surface area contributed by atoms with Crippen molar-refractivity contribution in [3.63, 3.8) is 0 Å². The molecule has 1 aliphatic rings. The summed E-state index contributed by atoms with van der Waals surface area (Å²) in [6, 6.07) is 8.34. The monoisotopic (exact) mass is 409 g/mol. The zero-order chi connectivity index (χ0) is 21.3. The smallest absolute Gasteiger partial charge is 0.180 e. The van der Waals surface area contributed by atoms with Gasteiger partial charge >= 0.3 is 0 Å². The van der Waals surface area contributed by atoms with E-state index >= 15 is 0 Å². The van der Waals surface area contributed by atoms with Gasteiger partial charge in [0.15, 0.2) is 5.82 Å². The van der Waals surface area contributed by atoms with Gasteiger partial charge in [-0.25, -0.2) is 19.3 Å². The predicted octanol–water partition coefficient (Wildman–Crippen LogP) is 4.69. The molecule has 0 atom stereocenters. The molecule has 1 aliphatic carbocycles. The van der Waals surface area contributed by atoms with Crippen LogP contribution < -0.4 is 5.32 Å². The van der Waals surface area contributed by atoms with Gasteiger partial charge in [-0.15, -0.1) is 0 Å². The standard InChI is InChI=1S/C23H28FN5O/c1-15(2)23(30)11-8-18(9-12-23)29-14-27-20(16-4-6-17(24)7-5-16)21(29)22-26-13-10-19(25-3)28-22/h4-7,10,13-15,18,30H,8-9,11-12H2,1-3H3,(H,25,26,28). The minimum Gasteiger partial charge on any atom is -0.390 e. The van der Waals surface area contributed by atoms with E-state index in [1.165, 1.54) is 12.1 Å². The van der Waals surface area contributed by atoms with Gasteiger partial charge in [-0.1, -0.05) is 13.8 Å². The second-order valence-corrected chi connectivity index (χ2v) is 8.36. The molecule has 3 aromatic rings. The molecule has 0 unspecified atom stereocenters. The molecule has 1 fully saturated rings. The van der Waals surface area contributed by atoms with E-state index in [2.05, 4.69) is 38.7 Å². The molecule has 1 saturated carbocycles. The zero-order valence-electron chi connectivity index (χ0n) is 17.6. The van der Waals surface area contributed by atoms with Crippen molar-refractivity contribution in [2.75, 3.05) is 12.4 Å². The average Bonchev–Trinajstić information content (AvgIpc) is 3.20. The van der Waals surface area contributed by atoms with Crippen molar-refractivity contribution in [2.24, 2.45) is 5.92 Å². The van der Waals surface area contributed by atoms with Crippen molar-refractivity contribution >= 4 is 5.82 Å². The first-order valence-corrected chi connectivity index (χ1v) is 10.5. The first kappa shape index (κ1) is 20.5. The van der Waals surface area contributed by atoms with Gasteiger partial charge in [0.25, 0.3) is 0 Å². The molecule has 0 bridgehead atoms. The Balaban J connectivity index is 1.77. The quantitative estimate of drug-likeness (QED) is 0.639. The number of nitrogens with zero attached hydrogens (tertiary/aromatic N) is 4. The number of aromatic nitrogens is 4. The van der Waals surface area contributed by atoms with E-state index < -0.39 is 5.60 Å². The van der Waals surface area contributed by atoms with Crippen LogP contribution in [0.15, 0.2) is 42.9 Å². The highest BCUT2D eigenvalue weighted by Crippen LogP contribution is 2.42. The molecular weight excluding hydrogens is 381 g/mol. The van der Waals surface area contributed by atoms with Crippen molar-refractivity contribution in [3.05, 3.63) is 48.7 Å². The third-order valence-corrected chi connectivity index (χ3v) is 6.32. The highest BCUT2D eigenvalue weighted by atomic mass is 19.1. The molecule has 0 radical (unpaired) electrons. The van der Waals surface area contributed by atoms with Gasteiger partial charge in [0, 0.05) is 24.8 Å². The van der Waals surface area contributed by atoms with Crippen molar-refractivity contribution in [2.45, 2.75) is 51.2 Å². The lowest BCUT2D eigenvalue weighted by Crippen LogP contribution is -2.39. The summed E-state index contributed by atoms with van der Waals surface area (Å²) in [5.41, 5.74) is 1.75. The van der Waals surface area contributed by atoms with Crippen molar-refractivity contribution in [1.29, 1.82) is 0 Å². The lowest BCUT2D eigenvalue weighted by molar-refractivity contribution is -0.0460. The summed E-state index contributed by atoms with van der Waals surface area (Å²) in [5.74, 6) is 1.23. The number of hydrogen-bond acceptors (Lipinski definition) is 5. The van der Waals surface area contributed by atoms with Crippen LogP contribution in [0.25, 0.3) is 22.8 Å². The summed E-state index contributed by atoms with van der Waals surface area (Å²) in [6.07, 6.45) is 6.75. The maximum Gasteiger partial charge on any atom is 0.180 e. The van der Waals surface area contributed by atoms with E-state index in [1.54, 1.807) is 18.3 Å². The molecular formula is C23H28FN5O. The van der Waals surface area contributed by atoms with E-state index in [-0.39, 0.29) is 17.8 Å². The van der Waals surface area contributed by atoms with Gasteiger partial charge in [0.05, 0.1) is 17.6 Å². The van der Waals surface area contributed by atoms with Gasteiger partial charge in [-0.05, 0) is 61.9 Å². The predicted molar refractivity (Wildman–Crippen MR) is 115 cm³/mol. The molecule has 2 N–H and O–H groups in total. The molecule has 4 rings (SSSR count). The minimum atomic E-state index is -0.612. The first-order valence-electron chi connectivity index (χ1n) is 10.5. The second kappa shape index (κ2) is 8.14. The Kier molecular flexibility index (Phi) is 5.56. The highest BCUT2D eigenvalue weighted by Gasteiger charge is 2.37. The van der Waals surface area contributed by atoms with Crippen LogP contribution in [0.4, 0.5) is 10.2 Å². The van der Waals surface area contributed by atoms with Crippen LogP contribution in [0.5, 0.6) is 0 Å². The molecule has 158 valence electrons. The molecule has 0 amide bonds. The van der Waals surface area contributed by atoms with Gasteiger partial charge in [-0.2, -0.15) is 0 Å². The molecule has 30 heavy (non-hydrogen) atoms. The fourth-order valence-electron chi connectivity index (χ4n) is 4.25. The van der Waals surface area contributed by atoms with Crippen molar-refractivity contribution in [3.8, 4) is 22.8 Å². The molecule has 0 spiro atoms.